The number of carbonyl (C=O) groups is 1. The molecule has 0 radical (unpaired) electrons. The van der Waals surface area contributed by atoms with Crippen LogP contribution in [0.1, 0.15) is 27.2 Å². The van der Waals surface area contributed by atoms with Crippen molar-refractivity contribution in [2.45, 2.75) is 27.2 Å². The fourth-order valence-electron chi connectivity index (χ4n) is 1.09. The van der Waals surface area contributed by atoms with Crippen molar-refractivity contribution in [1.82, 2.24) is 0 Å². The molecule has 1 N–H and O–H groups in total. The van der Waals surface area contributed by atoms with E-state index in [4.69, 9.17) is 13.8 Å². The van der Waals surface area contributed by atoms with Crippen LogP contribution in [-0.2, 0) is 23.1 Å². The molecule has 0 bridgehead atoms. The molecule has 1 unspecified atom stereocenters. The first-order chi connectivity index (χ1) is 9.40. The molecule has 0 saturated carbocycles. The summed E-state index contributed by atoms with van der Waals surface area (Å²) in [4.78, 5) is 21.1. The van der Waals surface area contributed by atoms with E-state index in [0.717, 1.165) is 6.16 Å². The summed E-state index contributed by atoms with van der Waals surface area (Å²) in [7, 11) is -5.11. The molecule has 0 saturated heterocycles. The number of hydrogen-bond acceptors (Lipinski definition) is 5. The van der Waals surface area contributed by atoms with Gasteiger partial charge in [-0.1, -0.05) is 6.92 Å². The topological polar surface area (TPSA) is 82.1 Å². The van der Waals surface area contributed by atoms with Gasteiger partial charge in [-0.2, -0.15) is 0 Å². The minimum absolute atomic E-state index is 0.0670. The number of ether oxygens (including phenoxy) is 1. The van der Waals surface area contributed by atoms with E-state index in [1.807, 2.05) is 6.92 Å². The number of esters is 1. The molecule has 0 aromatic rings. The van der Waals surface area contributed by atoms with Crippen LogP contribution in [-0.4, -0.2) is 56.8 Å². The highest BCUT2D eigenvalue weighted by Crippen LogP contribution is 2.48. The molecule has 0 amide bonds. The molecule has 1 atom stereocenters. The van der Waals surface area contributed by atoms with Crippen LogP contribution < -0.4 is 0 Å². The second kappa shape index (κ2) is 8.59. The highest BCUT2D eigenvalue weighted by atomic mass is 31.2. The Hall–Kier alpha value is 0.01000. The molecule has 8 heteroatoms. The molecule has 0 aliphatic rings. The Morgan fingerprint density at radius 2 is 1.67 bits per heavy atom. The molecular formula is C13H29O6P2+. The van der Waals surface area contributed by atoms with Crippen LogP contribution in [0.3, 0.4) is 0 Å². The van der Waals surface area contributed by atoms with Crippen molar-refractivity contribution in [3.8, 4) is 0 Å². The zero-order chi connectivity index (χ0) is 16.7. The Morgan fingerprint density at radius 3 is 2.14 bits per heavy atom. The maximum Gasteiger partial charge on any atom is 0.472 e. The number of phosphoric acid groups is 1. The molecule has 0 heterocycles. The second-order valence-electron chi connectivity index (χ2n) is 6.52. The number of phosphoric ester groups is 1. The van der Waals surface area contributed by atoms with E-state index in [2.05, 4.69) is 20.0 Å². The zero-order valence-electron chi connectivity index (χ0n) is 13.9. The molecule has 6 nitrogen and oxygen atoms in total. The first-order valence-electron chi connectivity index (χ1n) is 6.99. The normalized spacial score (nSPS) is 15.6. The van der Waals surface area contributed by atoms with Crippen LogP contribution in [0.25, 0.3) is 0 Å². The predicted octanol–water partition coefficient (Wildman–Crippen LogP) is 3.01. The fourth-order valence-corrected chi connectivity index (χ4v) is 2.58. The average molecular weight is 343 g/mol. The maximum atomic E-state index is 11.7. The summed E-state index contributed by atoms with van der Waals surface area (Å²) in [5, 5.41) is 0. The van der Waals surface area contributed by atoms with Crippen LogP contribution in [0.5, 0.6) is 0 Å². The van der Waals surface area contributed by atoms with E-state index in [1.165, 1.54) is 0 Å². The minimum atomic E-state index is -4.06. The van der Waals surface area contributed by atoms with Crippen LogP contribution in [0, 0.1) is 5.41 Å². The lowest BCUT2D eigenvalue weighted by molar-refractivity contribution is -0.155. The molecular weight excluding hydrogens is 314 g/mol. The van der Waals surface area contributed by atoms with Gasteiger partial charge in [-0.15, -0.1) is 0 Å². The Balaban J connectivity index is 3.95. The van der Waals surface area contributed by atoms with Gasteiger partial charge in [-0.05, 0) is 20.3 Å². The lowest BCUT2D eigenvalue weighted by Gasteiger charge is -2.20. The van der Waals surface area contributed by atoms with Gasteiger partial charge in [0.2, 0.25) is 0 Å². The predicted molar refractivity (Wildman–Crippen MR) is 86.3 cm³/mol. The smallest absolute Gasteiger partial charge is 0.463 e. The standard InChI is InChI=1S/C13H28O6P2/c1-7-13(2,3)12(14)17-8-9-18-21(15,16)19-10-11-20(4,5)6/h7-11H2,1-6H3/p+1. The number of carbonyl (C=O) groups excluding carboxylic acids is 1. The number of rotatable bonds is 10. The summed E-state index contributed by atoms with van der Waals surface area (Å²) in [6, 6.07) is 0. The average Bonchev–Trinajstić information content (AvgIpc) is 2.32. The van der Waals surface area contributed by atoms with E-state index in [1.54, 1.807) is 13.8 Å². The molecule has 126 valence electrons. The third-order valence-electron chi connectivity index (χ3n) is 3.02. The van der Waals surface area contributed by atoms with Gasteiger partial charge in [-0.25, -0.2) is 4.57 Å². The lowest BCUT2D eigenvalue weighted by Crippen LogP contribution is -2.26. The molecule has 0 aromatic carbocycles. The number of hydrogen-bond donors (Lipinski definition) is 1. The summed E-state index contributed by atoms with van der Waals surface area (Å²) in [6.45, 7) is 11.8. The van der Waals surface area contributed by atoms with E-state index >= 15 is 0 Å². The molecule has 0 rings (SSSR count). The van der Waals surface area contributed by atoms with Gasteiger partial charge in [0.1, 0.15) is 6.61 Å². The maximum absolute atomic E-state index is 11.7. The molecule has 0 aliphatic heterocycles. The summed E-state index contributed by atoms with van der Waals surface area (Å²) in [5.74, 6) is -0.347. The third-order valence-corrected chi connectivity index (χ3v) is 5.57. The van der Waals surface area contributed by atoms with Gasteiger partial charge in [0.05, 0.1) is 24.8 Å². The van der Waals surface area contributed by atoms with Crippen molar-refractivity contribution in [1.29, 1.82) is 0 Å². The third kappa shape index (κ3) is 10.4. The van der Waals surface area contributed by atoms with Gasteiger partial charge in [-0.3, -0.25) is 13.8 Å². The first-order valence-corrected chi connectivity index (χ1v) is 11.8. The lowest BCUT2D eigenvalue weighted by atomic mass is 9.91. The van der Waals surface area contributed by atoms with Gasteiger partial charge in [0, 0.05) is 27.3 Å². The molecule has 0 fully saturated rings. The van der Waals surface area contributed by atoms with Crippen molar-refractivity contribution in [2.75, 3.05) is 46.0 Å². The zero-order valence-corrected chi connectivity index (χ0v) is 15.7. The summed E-state index contributed by atoms with van der Waals surface area (Å²) in [5.41, 5.74) is -0.560. The van der Waals surface area contributed by atoms with E-state index in [0.29, 0.717) is 6.42 Å². The molecule has 0 spiro atoms. The summed E-state index contributed by atoms with van der Waals surface area (Å²) >= 11 is 0. The molecule has 21 heavy (non-hydrogen) atoms. The molecule has 0 aliphatic carbocycles. The highest BCUT2D eigenvalue weighted by molar-refractivity contribution is 7.73. The van der Waals surface area contributed by atoms with Crippen molar-refractivity contribution in [3.05, 3.63) is 0 Å². The summed E-state index contributed by atoms with van der Waals surface area (Å²) in [6.07, 6.45) is 1.41. The van der Waals surface area contributed by atoms with E-state index in [-0.39, 0.29) is 25.8 Å². The van der Waals surface area contributed by atoms with Crippen molar-refractivity contribution >= 4 is 21.1 Å². The van der Waals surface area contributed by atoms with Crippen molar-refractivity contribution in [3.63, 3.8) is 0 Å². The van der Waals surface area contributed by atoms with Crippen molar-refractivity contribution in [2.24, 2.45) is 5.41 Å². The monoisotopic (exact) mass is 343 g/mol. The van der Waals surface area contributed by atoms with Gasteiger partial charge < -0.3 is 9.63 Å². The van der Waals surface area contributed by atoms with Gasteiger partial charge in [0.15, 0.2) is 0 Å². The Kier molecular flexibility index (Phi) is 8.60. The van der Waals surface area contributed by atoms with E-state index < -0.39 is 20.5 Å². The highest BCUT2D eigenvalue weighted by Gasteiger charge is 2.28. The fraction of sp³-hybridized carbons (Fsp3) is 0.923. The van der Waals surface area contributed by atoms with Crippen LogP contribution in [0.15, 0.2) is 0 Å². The Labute approximate surface area is 128 Å². The van der Waals surface area contributed by atoms with Gasteiger partial charge in [0.25, 0.3) is 0 Å². The Morgan fingerprint density at radius 1 is 1.14 bits per heavy atom. The van der Waals surface area contributed by atoms with Crippen molar-refractivity contribution < 1.29 is 28.0 Å². The minimum Gasteiger partial charge on any atom is -0.463 e. The first kappa shape index (κ1) is 21.0. The van der Waals surface area contributed by atoms with E-state index in [9.17, 15) is 14.3 Å². The SMILES string of the molecule is CCC(C)(C)C(=O)OCCOP(=O)(O)OCC[P+](C)(C)C. The van der Waals surface area contributed by atoms with Gasteiger partial charge >= 0.3 is 13.8 Å². The molecule has 0 aromatic heterocycles. The van der Waals surface area contributed by atoms with Crippen LogP contribution in [0.4, 0.5) is 0 Å². The van der Waals surface area contributed by atoms with Crippen LogP contribution >= 0.6 is 15.1 Å². The second-order valence-corrected chi connectivity index (χ2v) is 13.0. The summed E-state index contributed by atoms with van der Waals surface area (Å²) < 4.78 is 26.2. The quantitative estimate of drug-likeness (QED) is 0.373. The van der Waals surface area contributed by atoms with Crippen LogP contribution in [0.2, 0.25) is 0 Å². The Bertz CT molecular complexity index is 375. The largest absolute Gasteiger partial charge is 0.472 e.